The van der Waals surface area contributed by atoms with Crippen LogP contribution in [0, 0.1) is 18.6 Å². The van der Waals surface area contributed by atoms with Gasteiger partial charge in [0, 0.05) is 44.0 Å². The highest BCUT2D eigenvalue weighted by Gasteiger charge is 2.27. The molecule has 154 valence electrons. The van der Waals surface area contributed by atoms with Crippen LogP contribution in [0.2, 0.25) is 0 Å². The molecule has 28 heavy (non-hydrogen) atoms. The quantitative estimate of drug-likeness (QED) is 0.346. The fourth-order valence-corrected chi connectivity index (χ4v) is 3.84. The molecule has 2 heterocycles. The van der Waals surface area contributed by atoms with Gasteiger partial charge in [-0.3, -0.25) is 4.99 Å². The van der Waals surface area contributed by atoms with Gasteiger partial charge in [-0.1, -0.05) is 6.07 Å². The SMILES string of the molecule is CCNC(=NCCc1csc(C)n1)NC1CCN(c2c(F)cccc2F)C1.I. The molecule has 1 aromatic carbocycles. The van der Waals surface area contributed by atoms with E-state index in [1.54, 1.807) is 16.2 Å². The fourth-order valence-electron chi connectivity index (χ4n) is 3.19. The fraction of sp³-hybridized carbons (Fsp3) is 0.474. The number of aromatic nitrogens is 1. The number of nitrogens with one attached hydrogen (secondary N) is 2. The molecule has 1 saturated heterocycles. The molecule has 0 bridgehead atoms. The normalized spacial score (nSPS) is 16.8. The van der Waals surface area contributed by atoms with Crippen molar-refractivity contribution in [3.63, 3.8) is 0 Å². The number of benzene rings is 1. The topological polar surface area (TPSA) is 52.6 Å². The average Bonchev–Trinajstić information content (AvgIpc) is 3.24. The van der Waals surface area contributed by atoms with E-state index in [9.17, 15) is 8.78 Å². The molecular formula is C19H26F2IN5S. The van der Waals surface area contributed by atoms with Crippen LogP contribution >= 0.6 is 35.3 Å². The second-order valence-corrected chi connectivity index (χ2v) is 7.58. The largest absolute Gasteiger partial charge is 0.365 e. The molecule has 1 aliphatic rings. The zero-order chi connectivity index (χ0) is 19.2. The highest BCUT2D eigenvalue weighted by molar-refractivity contribution is 14.0. The molecule has 5 nitrogen and oxygen atoms in total. The first-order valence-electron chi connectivity index (χ1n) is 9.21. The first kappa shape index (κ1) is 22.8. The van der Waals surface area contributed by atoms with E-state index < -0.39 is 11.6 Å². The van der Waals surface area contributed by atoms with Gasteiger partial charge in [0.25, 0.3) is 0 Å². The molecule has 9 heteroatoms. The second kappa shape index (κ2) is 10.9. The lowest BCUT2D eigenvalue weighted by Gasteiger charge is -2.21. The molecule has 0 radical (unpaired) electrons. The molecule has 0 spiro atoms. The summed E-state index contributed by atoms with van der Waals surface area (Å²) in [6.07, 6.45) is 1.58. The van der Waals surface area contributed by atoms with Crippen LogP contribution < -0.4 is 15.5 Å². The summed E-state index contributed by atoms with van der Waals surface area (Å²) in [5, 5.41) is 9.73. The van der Waals surface area contributed by atoms with Gasteiger partial charge < -0.3 is 15.5 Å². The van der Waals surface area contributed by atoms with Crippen LogP contribution in [-0.2, 0) is 6.42 Å². The minimum atomic E-state index is -0.519. The van der Waals surface area contributed by atoms with Crippen molar-refractivity contribution in [3.05, 3.63) is 45.9 Å². The summed E-state index contributed by atoms with van der Waals surface area (Å²) in [4.78, 5) is 10.8. The monoisotopic (exact) mass is 521 g/mol. The maximum absolute atomic E-state index is 14.0. The van der Waals surface area contributed by atoms with Crippen molar-refractivity contribution in [2.45, 2.75) is 32.7 Å². The third-order valence-electron chi connectivity index (χ3n) is 4.43. The highest BCUT2D eigenvalue weighted by Crippen LogP contribution is 2.26. The Morgan fingerprint density at radius 1 is 1.36 bits per heavy atom. The van der Waals surface area contributed by atoms with Crippen LogP contribution in [0.25, 0.3) is 0 Å². The van der Waals surface area contributed by atoms with Crippen molar-refractivity contribution in [1.82, 2.24) is 15.6 Å². The van der Waals surface area contributed by atoms with Crippen molar-refractivity contribution in [2.75, 3.05) is 31.1 Å². The molecule has 0 aliphatic carbocycles. The van der Waals surface area contributed by atoms with E-state index in [-0.39, 0.29) is 35.7 Å². The van der Waals surface area contributed by atoms with E-state index in [0.717, 1.165) is 36.0 Å². The van der Waals surface area contributed by atoms with Gasteiger partial charge in [-0.2, -0.15) is 0 Å². The number of para-hydroxylation sites is 1. The van der Waals surface area contributed by atoms with Crippen LogP contribution in [0.5, 0.6) is 0 Å². The predicted octanol–water partition coefficient (Wildman–Crippen LogP) is 3.72. The molecule has 1 aliphatic heterocycles. The van der Waals surface area contributed by atoms with Crippen LogP contribution in [0.3, 0.4) is 0 Å². The number of nitrogens with zero attached hydrogens (tertiary/aromatic N) is 3. The number of aryl methyl sites for hydroxylation is 1. The van der Waals surface area contributed by atoms with Crippen LogP contribution in [0.4, 0.5) is 14.5 Å². The number of hydrogen-bond donors (Lipinski definition) is 2. The molecule has 0 saturated carbocycles. The number of rotatable bonds is 6. The molecule has 1 aromatic heterocycles. The molecule has 1 unspecified atom stereocenters. The lowest BCUT2D eigenvalue weighted by molar-refractivity contribution is 0.576. The Hall–Kier alpha value is -1.49. The highest BCUT2D eigenvalue weighted by atomic mass is 127. The Bertz CT molecular complexity index is 778. The smallest absolute Gasteiger partial charge is 0.191 e. The molecule has 2 N–H and O–H groups in total. The third kappa shape index (κ3) is 6.00. The van der Waals surface area contributed by atoms with Crippen molar-refractivity contribution >= 4 is 47.0 Å². The molecular weight excluding hydrogens is 495 g/mol. The van der Waals surface area contributed by atoms with Gasteiger partial charge in [-0.15, -0.1) is 35.3 Å². The van der Waals surface area contributed by atoms with E-state index in [0.29, 0.717) is 19.6 Å². The summed E-state index contributed by atoms with van der Waals surface area (Å²) >= 11 is 1.64. The minimum absolute atomic E-state index is 0. The Kier molecular flexibility index (Phi) is 8.87. The lowest BCUT2D eigenvalue weighted by Crippen LogP contribution is -2.44. The van der Waals surface area contributed by atoms with Crippen molar-refractivity contribution in [1.29, 1.82) is 0 Å². The zero-order valence-electron chi connectivity index (χ0n) is 16.0. The molecule has 1 fully saturated rings. The van der Waals surface area contributed by atoms with Crippen molar-refractivity contribution in [2.24, 2.45) is 4.99 Å². The number of anilines is 1. The van der Waals surface area contributed by atoms with Crippen LogP contribution in [-0.4, -0.2) is 43.2 Å². The standard InChI is InChI=1S/C19H25F2N5S.HI/c1-3-22-19(23-9-7-15-12-27-13(2)24-15)25-14-8-10-26(11-14)18-16(20)5-4-6-17(18)21;/h4-6,12,14H,3,7-11H2,1-2H3,(H2,22,23,25);1H. The van der Waals surface area contributed by atoms with Gasteiger partial charge in [0.1, 0.15) is 17.3 Å². The Labute approximate surface area is 185 Å². The van der Waals surface area contributed by atoms with Crippen LogP contribution in [0.15, 0.2) is 28.6 Å². The number of halogens is 3. The first-order chi connectivity index (χ1) is 13.1. The second-order valence-electron chi connectivity index (χ2n) is 6.51. The Balaban J connectivity index is 0.00000280. The van der Waals surface area contributed by atoms with Gasteiger partial charge >= 0.3 is 0 Å². The van der Waals surface area contributed by atoms with Gasteiger partial charge in [0.15, 0.2) is 5.96 Å². The van der Waals surface area contributed by atoms with E-state index in [2.05, 4.69) is 26.0 Å². The lowest BCUT2D eigenvalue weighted by atomic mass is 10.2. The van der Waals surface area contributed by atoms with Gasteiger partial charge in [-0.25, -0.2) is 13.8 Å². The number of aliphatic imine (C=N–C) groups is 1. The van der Waals surface area contributed by atoms with E-state index >= 15 is 0 Å². The molecule has 2 aromatic rings. The van der Waals surface area contributed by atoms with Gasteiger partial charge in [-0.05, 0) is 32.4 Å². The van der Waals surface area contributed by atoms with Crippen molar-refractivity contribution in [3.8, 4) is 0 Å². The Morgan fingerprint density at radius 3 is 2.75 bits per heavy atom. The van der Waals surface area contributed by atoms with Crippen molar-refractivity contribution < 1.29 is 8.78 Å². The third-order valence-corrected chi connectivity index (χ3v) is 5.25. The minimum Gasteiger partial charge on any atom is -0.365 e. The summed E-state index contributed by atoms with van der Waals surface area (Å²) in [7, 11) is 0. The zero-order valence-corrected chi connectivity index (χ0v) is 19.2. The summed E-state index contributed by atoms with van der Waals surface area (Å²) in [5.41, 5.74) is 1.11. The van der Waals surface area contributed by atoms with E-state index in [1.165, 1.54) is 18.2 Å². The first-order valence-corrected chi connectivity index (χ1v) is 10.1. The summed E-state index contributed by atoms with van der Waals surface area (Å²) in [6, 6.07) is 4.07. The number of hydrogen-bond acceptors (Lipinski definition) is 4. The number of guanidine groups is 1. The van der Waals surface area contributed by atoms with Gasteiger partial charge in [0.2, 0.25) is 0 Å². The predicted molar refractivity (Wildman–Crippen MR) is 122 cm³/mol. The molecule has 0 amide bonds. The Morgan fingerprint density at radius 2 is 2.11 bits per heavy atom. The maximum Gasteiger partial charge on any atom is 0.191 e. The summed E-state index contributed by atoms with van der Waals surface area (Å²) in [5.74, 6) is -0.310. The average molecular weight is 521 g/mol. The van der Waals surface area contributed by atoms with Crippen LogP contribution in [0.1, 0.15) is 24.0 Å². The molecule has 1 atom stereocenters. The van der Waals surface area contributed by atoms with E-state index in [1.807, 2.05) is 13.8 Å². The van der Waals surface area contributed by atoms with E-state index in [4.69, 9.17) is 0 Å². The van der Waals surface area contributed by atoms with Gasteiger partial charge in [0.05, 0.1) is 10.7 Å². The summed E-state index contributed by atoms with van der Waals surface area (Å²) < 4.78 is 28.0. The maximum atomic E-state index is 14.0. The number of thiazole rings is 1. The molecule has 3 rings (SSSR count). The summed E-state index contributed by atoms with van der Waals surface area (Å²) in [6.45, 7) is 6.53.